The molecule has 0 amide bonds. The molecule has 32 heavy (non-hydrogen) atoms. The number of hydrogen-bond donors (Lipinski definition) is 0. The Bertz CT molecular complexity index is 906. The summed E-state index contributed by atoms with van der Waals surface area (Å²) >= 11 is 0. The number of anilines is 2. The molecule has 2 aromatic rings. The minimum atomic E-state index is 0.159. The number of likely N-dealkylation sites (tertiary alicyclic amines) is 1. The lowest BCUT2D eigenvalue weighted by Gasteiger charge is -2.28. The highest BCUT2D eigenvalue weighted by Gasteiger charge is 2.25. The van der Waals surface area contributed by atoms with Crippen LogP contribution in [0.25, 0.3) is 12.2 Å². The summed E-state index contributed by atoms with van der Waals surface area (Å²) in [6, 6.07) is 16.8. The average molecular weight is 432 g/mol. The molecule has 0 radical (unpaired) electrons. The number of hydrogen-bond acceptors (Lipinski definition) is 4. The Kier molecular flexibility index (Phi) is 8.29. The second-order valence-electron chi connectivity index (χ2n) is 8.30. The number of carbonyl (C=O) groups excluding carboxylic acids is 1. The fourth-order valence-corrected chi connectivity index (χ4v) is 4.51. The normalized spacial score (nSPS) is 17.2. The van der Waals surface area contributed by atoms with E-state index >= 15 is 0 Å². The zero-order valence-corrected chi connectivity index (χ0v) is 20.3. The first-order valence-electron chi connectivity index (χ1n) is 11.8. The molecule has 1 saturated heterocycles. The van der Waals surface area contributed by atoms with Crippen LogP contribution in [-0.2, 0) is 4.79 Å². The Labute approximate surface area is 193 Å². The van der Waals surface area contributed by atoms with E-state index < -0.39 is 0 Å². The molecule has 1 aliphatic heterocycles. The number of carbonyl (C=O) groups is 1. The summed E-state index contributed by atoms with van der Waals surface area (Å²) in [5, 5.41) is 0. The molecule has 0 aliphatic carbocycles. The molecule has 1 heterocycles. The van der Waals surface area contributed by atoms with Gasteiger partial charge in [0.05, 0.1) is 0 Å². The minimum Gasteiger partial charge on any atom is -0.372 e. The van der Waals surface area contributed by atoms with Crippen molar-refractivity contribution in [2.75, 3.05) is 56.1 Å². The predicted molar refractivity (Wildman–Crippen MR) is 138 cm³/mol. The van der Waals surface area contributed by atoms with E-state index in [-0.39, 0.29) is 5.78 Å². The van der Waals surface area contributed by atoms with E-state index in [1.807, 2.05) is 12.1 Å². The van der Waals surface area contributed by atoms with Gasteiger partial charge in [0.25, 0.3) is 0 Å². The van der Waals surface area contributed by atoms with E-state index in [2.05, 4.69) is 98.0 Å². The Morgan fingerprint density at radius 3 is 1.47 bits per heavy atom. The van der Waals surface area contributed by atoms with Crippen LogP contribution in [0, 0.1) is 0 Å². The Hall–Kier alpha value is -2.85. The van der Waals surface area contributed by atoms with Gasteiger partial charge in [0, 0.05) is 61.8 Å². The fourth-order valence-electron chi connectivity index (χ4n) is 4.51. The highest BCUT2D eigenvalue weighted by Crippen LogP contribution is 2.28. The topological polar surface area (TPSA) is 26.8 Å². The van der Waals surface area contributed by atoms with Gasteiger partial charge in [-0.05, 0) is 70.2 Å². The van der Waals surface area contributed by atoms with Gasteiger partial charge in [0.15, 0.2) is 5.78 Å². The highest BCUT2D eigenvalue weighted by atomic mass is 16.1. The van der Waals surface area contributed by atoms with Crippen molar-refractivity contribution in [3.05, 3.63) is 70.8 Å². The molecule has 170 valence electrons. The SMILES string of the molecule is CCN(CC)c1ccccc1/C=C1/CN(C)C/C(=C\c2ccccc2N(CC)CC)C1=O. The number of likely N-dealkylation sites (N-methyl/N-ethyl adjacent to an activating group) is 1. The van der Waals surface area contributed by atoms with Crippen molar-refractivity contribution in [2.45, 2.75) is 27.7 Å². The van der Waals surface area contributed by atoms with Gasteiger partial charge in [-0.25, -0.2) is 0 Å². The molecule has 0 N–H and O–H groups in total. The van der Waals surface area contributed by atoms with Crippen molar-refractivity contribution in [1.82, 2.24) is 4.90 Å². The summed E-state index contributed by atoms with van der Waals surface area (Å²) in [6.07, 6.45) is 4.19. The smallest absolute Gasteiger partial charge is 0.187 e. The lowest BCUT2D eigenvalue weighted by Crippen LogP contribution is -2.34. The Morgan fingerprint density at radius 1 is 0.719 bits per heavy atom. The zero-order chi connectivity index (χ0) is 23.1. The van der Waals surface area contributed by atoms with Crippen LogP contribution in [-0.4, -0.2) is 57.0 Å². The first-order chi connectivity index (χ1) is 15.5. The second-order valence-corrected chi connectivity index (χ2v) is 8.30. The fraction of sp³-hybridized carbons (Fsp3) is 0.393. The first-order valence-corrected chi connectivity index (χ1v) is 11.8. The van der Waals surface area contributed by atoms with Crippen LogP contribution >= 0.6 is 0 Å². The van der Waals surface area contributed by atoms with Gasteiger partial charge < -0.3 is 9.80 Å². The van der Waals surface area contributed by atoms with Crippen LogP contribution in [0.4, 0.5) is 11.4 Å². The van der Waals surface area contributed by atoms with Gasteiger partial charge in [-0.15, -0.1) is 0 Å². The van der Waals surface area contributed by atoms with Gasteiger partial charge in [0.1, 0.15) is 0 Å². The summed E-state index contributed by atoms with van der Waals surface area (Å²) in [4.78, 5) is 20.4. The molecule has 1 aliphatic rings. The monoisotopic (exact) mass is 431 g/mol. The van der Waals surface area contributed by atoms with E-state index in [0.29, 0.717) is 13.1 Å². The minimum absolute atomic E-state index is 0.159. The maximum absolute atomic E-state index is 13.5. The molecule has 2 aromatic carbocycles. The van der Waals surface area contributed by atoms with Gasteiger partial charge in [-0.3, -0.25) is 9.69 Å². The molecule has 3 rings (SSSR count). The van der Waals surface area contributed by atoms with Crippen molar-refractivity contribution in [2.24, 2.45) is 0 Å². The number of ketones is 1. The molecule has 4 heteroatoms. The molecule has 0 saturated carbocycles. The predicted octanol–water partition coefficient (Wildman–Crippen LogP) is 5.36. The van der Waals surface area contributed by atoms with Crippen LogP contribution in [0.15, 0.2) is 59.7 Å². The third kappa shape index (κ3) is 5.31. The van der Waals surface area contributed by atoms with Crippen LogP contribution in [0.5, 0.6) is 0 Å². The summed E-state index contributed by atoms with van der Waals surface area (Å²) in [5.74, 6) is 0.159. The van der Waals surface area contributed by atoms with E-state index in [0.717, 1.165) is 48.5 Å². The number of rotatable bonds is 8. The number of Topliss-reactive ketones (excluding diaryl/α,β-unsaturated/α-hetero) is 1. The molecule has 1 fully saturated rings. The maximum atomic E-state index is 13.5. The van der Waals surface area contributed by atoms with E-state index in [9.17, 15) is 4.79 Å². The number of para-hydroxylation sites is 2. The lowest BCUT2D eigenvalue weighted by atomic mass is 9.93. The third-order valence-electron chi connectivity index (χ3n) is 6.21. The zero-order valence-electron chi connectivity index (χ0n) is 20.3. The highest BCUT2D eigenvalue weighted by molar-refractivity contribution is 6.15. The van der Waals surface area contributed by atoms with E-state index in [1.54, 1.807) is 0 Å². The molecule has 0 spiro atoms. The summed E-state index contributed by atoms with van der Waals surface area (Å²) in [7, 11) is 2.08. The number of nitrogens with zero attached hydrogens (tertiary/aromatic N) is 3. The number of benzene rings is 2. The van der Waals surface area contributed by atoms with Gasteiger partial charge >= 0.3 is 0 Å². The van der Waals surface area contributed by atoms with Crippen molar-refractivity contribution >= 4 is 29.3 Å². The second kappa shape index (κ2) is 11.1. The van der Waals surface area contributed by atoms with Gasteiger partial charge in [0.2, 0.25) is 0 Å². The largest absolute Gasteiger partial charge is 0.372 e. The van der Waals surface area contributed by atoms with Crippen LogP contribution < -0.4 is 9.80 Å². The molecule has 4 nitrogen and oxygen atoms in total. The summed E-state index contributed by atoms with van der Waals surface area (Å²) in [5.41, 5.74) is 6.29. The Balaban J connectivity index is 2.00. The summed E-state index contributed by atoms with van der Waals surface area (Å²) < 4.78 is 0. The standard InChI is InChI=1S/C28H37N3O/c1-6-30(7-2)26-16-12-10-14-22(26)18-24-20-29(5)21-25(28(24)32)19-23-15-11-13-17-27(23)31(8-3)9-4/h10-19H,6-9,20-21H2,1-5H3/b24-18-,25-19+. The van der Waals surface area contributed by atoms with Crippen LogP contribution in [0.2, 0.25) is 0 Å². The number of piperidine rings is 1. The van der Waals surface area contributed by atoms with E-state index in [1.165, 1.54) is 11.4 Å². The first kappa shape index (κ1) is 23.8. The molecule has 0 unspecified atom stereocenters. The Morgan fingerprint density at radius 2 is 1.09 bits per heavy atom. The lowest BCUT2D eigenvalue weighted by molar-refractivity contribution is -0.113. The molecular weight excluding hydrogens is 394 g/mol. The summed E-state index contributed by atoms with van der Waals surface area (Å²) in [6.45, 7) is 13.8. The molecule has 0 atom stereocenters. The van der Waals surface area contributed by atoms with Crippen molar-refractivity contribution in [3.8, 4) is 0 Å². The molecule has 0 bridgehead atoms. The third-order valence-corrected chi connectivity index (χ3v) is 6.21. The van der Waals surface area contributed by atoms with Gasteiger partial charge in [-0.1, -0.05) is 36.4 Å². The molecule has 0 aromatic heterocycles. The van der Waals surface area contributed by atoms with Crippen molar-refractivity contribution < 1.29 is 4.79 Å². The van der Waals surface area contributed by atoms with Crippen molar-refractivity contribution in [3.63, 3.8) is 0 Å². The van der Waals surface area contributed by atoms with E-state index in [4.69, 9.17) is 0 Å². The molecular formula is C28H37N3O. The quantitative estimate of drug-likeness (QED) is 0.526. The van der Waals surface area contributed by atoms with Gasteiger partial charge in [-0.2, -0.15) is 0 Å². The van der Waals surface area contributed by atoms with Crippen LogP contribution in [0.1, 0.15) is 38.8 Å². The van der Waals surface area contributed by atoms with Crippen LogP contribution in [0.3, 0.4) is 0 Å². The average Bonchev–Trinajstić information content (AvgIpc) is 2.80. The van der Waals surface area contributed by atoms with Crippen molar-refractivity contribution in [1.29, 1.82) is 0 Å². The maximum Gasteiger partial charge on any atom is 0.187 e.